The summed E-state index contributed by atoms with van der Waals surface area (Å²) in [5.41, 5.74) is 0.0687. The van der Waals surface area contributed by atoms with Crippen molar-refractivity contribution >= 4 is 11.9 Å². The fourth-order valence-corrected chi connectivity index (χ4v) is 2.15. The number of esters is 2. The molecule has 150 valence electrons. The van der Waals surface area contributed by atoms with Gasteiger partial charge in [-0.2, -0.15) is 0 Å². The molecule has 1 N–H and O–H groups in total. The predicted octanol–water partition coefficient (Wildman–Crippen LogP) is 2.02. The lowest BCUT2D eigenvalue weighted by atomic mass is 9.98. The largest absolute Gasteiger partial charge is 0.466 e. The Morgan fingerprint density at radius 2 is 1.38 bits per heavy atom. The maximum absolute atomic E-state index is 11.4. The molecule has 7 heteroatoms. The Morgan fingerprint density at radius 3 is 1.73 bits per heavy atom. The summed E-state index contributed by atoms with van der Waals surface area (Å²) in [6, 6.07) is 0. The number of hydrogen-bond donors (Lipinski definition) is 1. The first-order chi connectivity index (χ1) is 12.4. The average molecular weight is 371 g/mol. The molecule has 0 saturated carbocycles. The highest BCUT2D eigenvalue weighted by Crippen LogP contribution is 2.14. The van der Waals surface area contributed by atoms with Gasteiger partial charge in [0.25, 0.3) is 0 Å². The SMILES string of the molecule is C=C(COCC(CC)(COCC(=C)C(=O)OC)NCCCC)C(=O)OC. The lowest BCUT2D eigenvalue weighted by Gasteiger charge is -2.34. The normalized spacial score (nSPS) is 11.1. The van der Waals surface area contributed by atoms with E-state index >= 15 is 0 Å². The Bertz CT molecular complexity index is 441. The fraction of sp³-hybridized carbons (Fsp3) is 0.684. The Morgan fingerprint density at radius 1 is 0.923 bits per heavy atom. The summed E-state index contributed by atoms with van der Waals surface area (Å²) in [5, 5.41) is 3.48. The van der Waals surface area contributed by atoms with E-state index in [1.165, 1.54) is 14.2 Å². The Kier molecular flexibility index (Phi) is 12.6. The molecule has 0 saturated heterocycles. The molecule has 0 aliphatic rings. The van der Waals surface area contributed by atoms with Crippen LogP contribution < -0.4 is 5.32 Å². The molecule has 0 atom stereocenters. The second-order valence-corrected chi connectivity index (χ2v) is 6.09. The van der Waals surface area contributed by atoms with Gasteiger partial charge < -0.3 is 24.3 Å². The van der Waals surface area contributed by atoms with Crippen molar-refractivity contribution in [2.24, 2.45) is 0 Å². The third-order valence-corrected chi connectivity index (χ3v) is 3.96. The molecule has 0 unspecified atom stereocenters. The molecule has 0 bridgehead atoms. The van der Waals surface area contributed by atoms with E-state index in [1.54, 1.807) is 0 Å². The van der Waals surface area contributed by atoms with E-state index in [9.17, 15) is 9.59 Å². The predicted molar refractivity (Wildman–Crippen MR) is 99.9 cm³/mol. The zero-order valence-electron chi connectivity index (χ0n) is 16.5. The van der Waals surface area contributed by atoms with Gasteiger partial charge in [-0.3, -0.25) is 0 Å². The highest BCUT2D eigenvalue weighted by Gasteiger charge is 2.29. The molecular formula is C19H33NO6. The van der Waals surface area contributed by atoms with E-state index in [1.807, 2.05) is 6.92 Å². The van der Waals surface area contributed by atoms with Gasteiger partial charge in [-0.15, -0.1) is 0 Å². The van der Waals surface area contributed by atoms with Crippen LogP contribution in [-0.2, 0) is 28.5 Å². The lowest BCUT2D eigenvalue weighted by Crippen LogP contribution is -2.53. The van der Waals surface area contributed by atoms with E-state index in [-0.39, 0.29) is 24.4 Å². The first kappa shape index (κ1) is 24.3. The smallest absolute Gasteiger partial charge is 0.335 e. The first-order valence-corrected chi connectivity index (χ1v) is 8.78. The standard InChI is InChI=1S/C19H33NO6/c1-7-9-10-20-19(8-2,13-25-11-15(3)17(21)23-5)14-26-12-16(4)18(22)24-6/h20H,3-4,7-14H2,1-2,5-6H3. The van der Waals surface area contributed by atoms with Gasteiger partial charge in [-0.1, -0.05) is 33.4 Å². The summed E-state index contributed by atoms with van der Waals surface area (Å²) >= 11 is 0. The number of carbonyl (C=O) groups excluding carboxylic acids is 2. The van der Waals surface area contributed by atoms with Crippen LogP contribution in [0.15, 0.2) is 24.3 Å². The van der Waals surface area contributed by atoms with Gasteiger partial charge in [-0.05, 0) is 19.4 Å². The van der Waals surface area contributed by atoms with E-state index in [0.717, 1.165) is 25.8 Å². The molecule has 0 rings (SSSR count). The van der Waals surface area contributed by atoms with Crippen molar-refractivity contribution in [2.75, 3.05) is 47.2 Å². The van der Waals surface area contributed by atoms with Crippen LogP contribution in [0.5, 0.6) is 0 Å². The topological polar surface area (TPSA) is 83.1 Å². The van der Waals surface area contributed by atoms with Crippen LogP contribution in [0.4, 0.5) is 0 Å². The van der Waals surface area contributed by atoms with Crippen molar-refractivity contribution in [3.8, 4) is 0 Å². The molecule has 0 amide bonds. The summed E-state index contributed by atoms with van der Waals surface area (Å²) < 4.78 is 20.6. The van der Waals surface area contributed by atoms with Gasteiger partial charge in [0, 0.05) is 0 Å². The highest BCUT2D eigenvalue weighted by molar-refractivity contribution is 5.88. The monoisotopic (exact) mass is 371 g/mol. The van der Waals surface area contributed by atoms with E-state index in [0.29, 0.717) is 13.2 Å². The van der Waals surface area contributed by atoms with Gasteiger partial charge in [0.2, 0.25) is 0 Å². The second-order valence-electron chi connectivity index (χ2n) is 6.09. The molecule has 0 aromatic heterocycles. The molecular weight excluding hydrogens is 338 g/mol. The first-order valence-electron chi connectivity index (χ1n) is 8.78. The van der Waals surface area contributed by atoms with Gasteiger partial charge in [0.05, 0.1) is 57.3 Å². The summed E-state index contributed by atoms with van der Waals surface area (Å²) in [7, 11) is 2.61. The molecule has 26 heavy (non-hydrogen) atoms. The minimum absolute atomic E-state index is 0.0821. The van der Waals surface area contributed by atoms with Crippen molar-refractivity contribution in [3.63, 3.8) is 0 Å². The van der Waals surface area contributed by atoms with Crippen molar-refractivity contribution < 1.29 is 28.5 Å². The Labute approximate surface area is 156 Å². The summed E-state index contributed by atoms with van der Waals surface area (Å²) in [4.78, 5) is 22.8. The van der Waals surface area contributed by atoms with Crippen LogP contribution in [0, 0.1) is 0 Å². The van der Waals surface area contributed by atoms with Gasteiger partial charge in [0.1, 0.15) is 0 Å². The van der Waals surface area contributed by atoms with Crippen molar-refractivity contribution in [1.29, 1.82) is 0 Å². The van der Waals surface area contributed by atoms with Crippen molar-refractivity contribution in [2.45, 2.75) is 38.6 Å². The van der Waals surface area contributed by atoms with E-state index < -0.39 is 17.5 Å². The van der Waals surface area contributed by atoms with Gasteiger partial charge in [-0.25, -0.2) is 9.59 Å². The molecule has 0 spiro atoms. The van der Waals surface area contributed by atoms with Crippen molar-refractivity contribution in [1.82, 2.24) is 5.32 Å². The zero-order chi connectivity index (χ0) is 20.0. The second kappa shape index (κ2) is 13.5. The average Bonchev–Trinajstić information content (AvgIpc) is 2.65. The van der Waals surface area contributed by atoms with Crippen molar-refractivity contribution in [3.05, 3.63) is 24.3 Å². The molecule has 0 aliphatic heterocycles. The zero-order valence-corrected chi connectivity index (χ0v) is 16.5. The molecule has 0 aromatic rings. The number of ether oxygens (including phenoxy) is 4. The molecule has 0 fully saturated rings. The number of methoxy groups -OCH3 is 2. The maximum Gasteiger partial charge on any atom is 0.335 e. The van der Waals surface area contributed by atoms with Crippen LogP contribution in [0.3, 0.4) is 0 Å². The van der Waals surface area contributed by atoms with Crippen LogP contribution in [0.25, 0.3) is 0 Å². The van der Waals surface area contributed by atoms with E-state index in [4.69, 9.17) is 9.47 Å². The van der Waals surface area contributed by atoms with Crippen LogP contribution in [-0.4, -0.2) is 64.7 Å². The van der Waals surface area contributed by atoms with Crippen LogP contribution in [0.1, 0.15) is 33.1 Å². The molecule has 7 nitrogen and oxygen atoms in total. The van der Waals surface area contributed by atoms with E-state index in [2.05, 4.69) is 34.9 Å². The molecule has 0 radical (unpaired) electrons. The Balaban J connectivity index is 4.71. The number of nitrogens with one attached hydrogen (secondary N) is 1. The summed E-state index contributed by atoms with van der Waals surface area (Å²) in [5.74, 6) is -0.978. The Hall–Kier alpha value is -1.70. The van der Waals surface area contributed by atoms with Gasteiger partial charge >= 0.3 is 11.9 Å². The molecule has 0 heterocycles. The van der Waals surface area contributed by atoms with Crippen LogP contribution in [0.2, 0.25) is 0 Å². The quantitative estimate of drug-likeness (QED) is 0.268. The third kappa shape index (κ3) is 9.12. The fourth-order valence-electron chi connectivity index (χ4n) is 2.15. The molecule has 0 aliphatic carbocycles. The maximum atomic E-state index is 11.4. The number of unbranched alkanes of at least 4 members (excludes halogenated alkanes) is 1. The third-order valence-electron chi connectivity index (χ3n) is 3.96. The summed E-state index contributed by atoms with van der Waals surface area (Å²) in [6.45, 7) is 13.1. The summed E-state index contributed by atoms with van der Waals surface area (Å²) in [6.07, 6.45) is 2.82. The number of rotatable bonds is 15. The highest BCUT2D eigenvalue weighted by atomic mass is 16.5. The number of hydrogen-bond acceptors (Lipinski definition) is 7. The minimum Gasteiger partial charge on any atom is -0.466 e. The molecule has 0 aromatic carbocycles. The lowest BCUT2D eigenvalue weighted by molar-refractivity contribution is -0.137. The van der Waals surface area contributed by atoms with Gasteiger partial charge in [0.15, 0.2) is 0 Å². The van der Waals surface area contributed by atoms with Crippen LogP contribution >= 0.6 is 0 Å². The number of carbonyl (C=O) groups is 2. The minimum atomic E-state index is -0.489.